The number of aryl methyl sites for hydroxylation is 1. The summed E-state index contributed by atoms with van der Waals surface area (Å²) < 4.78 is 27.1. The van der Waals surface area contributed by atoms with Crippen molar-refractivity contribution in [2.24, 2.45) is 11.8 Å². The van der Waals surface area contributed by atoms with Gasteiger partial charge >= 0.3 is 6.09 Å². The average molecular weight is 472 g/mol. The number of hydrogen-bond donors (Lipinski definition) is 2. The van der Waals surface area contributed by atoms with Gasteiger partial charge in [0.2, 0.25) is 5.91 Å². The first-order chi connectivity index (χ1) is 15.7. The Morgan fingerprint density at radius 2 is 1.91 bits per heavy atom. The summed E-state index contributed by atoms with van der Waals surface area (Å²) >= 11 is 0. The van der Waals surface area contributed by atoms with Crippen molar-refractivity contribution in [1.29, 1.82) is 0 Å². The summed E-state index contributed by atoms with van der Waals surface area (Å²) in [5, 5.41) is 12.0. The number of carbonyl (C=O) groups is 2. The largest absolute Gasteiger partial charge is 0.465 e. The summed E-state index contributed by atoms with van der Waals surface area (Å²) in [6.45, 7) is 4.44. The van der Waals surface area contributed by atoms with Crippen LogP contribution in [0.5, 0.6) is 0 Å². The maximum atomic E-state index is 13.0. The van der Waals surface area contributed by atoms with E-state index in [4.69, 9.17) is 0 Å². The molecule has 33 heavy (non-hydrogen) atoms. The highest BCUT2D eigenvalue weighted by molar-refractivity contribution is 7.90. The molecule has 0 spiro atoms. The van der Waals surface area contributed by atoms with Crippen LogP contribution >= 0.6 is 0 Å². The van der Waals surface area contributed by atoms with E-state index < -0.39 is 22.0 Å². The van der Waals surface area contributed by atoms with Gasteiger partial charge in [0.25, 0.3) is 10.0 Å². The quantitative estimate of drug-likeness (QED) is 0.563. The van der Waals surface area contributed by atoms with E-state index in [9.17, 15) is 23.1 Å². The highest BCUT2D eigenvalue weighted by atomic mass is 32.2. The van der Waals surface area contributed by atoms with E-state index in [0.29, 0.717) is 24.2 Å². The van der Waals surface area contributed by atoms with Crippen LogP contribution in [0.15, 0.2) is 47.6 Å². The van der Waals surface area contributed by atoms with Crippen LogP contribution in [0.25, 0.3) is 11.2 Å². The van der Waals surface area contributed by atoms with E-state index in [0.717, 1.165) is 9.54 Å². The van der Waals surface area contributed by atoms with E-state index in [2.05, 4.69) is 15.3 Å². The fourth-order valence-electron chi connectivity index (χ4n) is 4.08. The molecule has 11 heteroatoms. The molecule has 0 unspecified atom stereocenters. The molecule has 3 heterocycles. The van der Waals surface area contributed by atoms with E-state index in [-0.39, 0.29) is 35.5 Å². The molecule has 0 bridgehead atoms. The smallest absolute Gasteiger partial charge is 0.407 e. The van der Waals surface area contributed by atoms with Crippen molar-refractivity contribution in [3.63, 3.8) is 0 Å². The molecular weight excluding hydrogens is 446 g/mol. The highest BCUT2D eigenvalue weighted by Crippen LogP contribution is 2.26. The van der Waals surface area contributed by atoms with Crippen LogP contribution in [-0.2, 0) is 21.4 Å². The predicted octanol–water partition coefficient (Wildman–Crippen LogP) is 2.23. The molecule has 2 aromatic heterocycles. The lowest BCUT2D eigenvalue weighted by molar-refractivity contribution is -0.125. The topological polar surface area (TPSA) is 134 Å². The minimum absolute atomic E-state index is 0.0318. The number of amides is 2. The summed E-state index contributed by atoms with van der Waals surface area (Å²) in [6.07, 6.45) is 2.52. The van der Waals surface area contributed by atoms with Gasteiger partial charge in [0.15, 0.2) is 5.65 Å². The molecule has 1 aliphatic heterocycles. The average Bonchev–Trinajstić information content (AvgIpc) is 3.42. The summed E-state index contributed by atoms with van der Waals surface area (Å²) in [7, 11) is -3.82. The number of rotatable bonds is 6. The molecular formula is C22H25N5O5S. The van der Waals surface area contributed by atoms with Crippen LogP contribution in [0, 0.1) is 18.8 Å². The van der Waals surface area contributed by atoms with Crippen molar-refractivity contribution in [3.05, 3.63) is 54.0 Å². The van der Waals surface area contributed by atoms with Gasteiger partial charge in [0, 0.05) is 19.3 Å². The van der Waals surface area contributed by atoms with Crippen LogP contribution in [0.2, 0.25) is 0 Å². The standard InChI is InChI=1S/C22H25N5O5S/c1-3-15-12-26(22(29)30)13-18(15)21(28)24-11-16-10-23-20-19(25-16)8-9-27(20)33(31,32)17-6-4-14(2)5-7-17/h4-10,15,18H,3,11-13H2,1-2H3,(H,24,28)(H,29,30)/t15-,18-/m1/s1. The Morgan fingerprint density at radius 3 is 2.58 bits per heavy atom. The number of carbonyl (C=O) groups excluding carboxylic acids is 1. The number of nitrogens with zero attached hydrogens (tertiary/aromatic N) is 4. The van der Waals surface area contributed by atoms with Crippen LogP contribution in [-0.4, -0.2) is 57.5 Å². The van der Waals surface area contributed by atoms with Crippen molar-refractivity contribution in [3.8, 4) is 0 Å². The second-order valence-electron chi connectivity index (χ2n) is 8.18. The highest BCUT2D eigenvalue weighted by Gasteiger charge is 2.38. The lowest BCUT2D eigenvalue weighted by Crippen LogP contribution is -2.35. The van der Waals surface area contributed by atoms with Gasteiger partial charge in [-0.05, 0) is 31.0 Å². The Morgan fingerprint density at radius 1 is 1.18 bits per heavy atom. The molecule has 0 aliphatic carbocycles. The van der Waals surface area contributed by atoms with E-state index >= 15 is 0 Å². The fraction of sp³-hybridized carbons (Fsp3) is 0.364. The molecule has 1 saturated heterocycles. The van der Waals surface area contributed by atoms with Crippen LogP contribution < -0.4 is 5.32 Å². The van der Waals surface area contributed by atoms with Crippen molar-refractivity contribution in [2.75, 3.05) is 13.1 Å². The first-order valence-electron chi connectivity index (χ1n) is 10.6. The van der Waals surface area contributed by atoms with Gasteiger partial charge in [-0.2, -0.15) is 0 Å². The van der Waals surface area contributed by atoms with Gasteiger partial charge in [0.1, 0.15) is 5.52 Å². The number of nitrogens with one attached hydrogen (secondary N) is 1. The monoisotopic (exact) mass is 471 g/mol. The lowest BCUT2D eigenvalue weighted by Gasteiger charge is -2.15. The summed E-state index contributed by atoms with van der Waals surface area (Å²) in [4.78, 5) is 34.0. The van der Waals surface area contributed by atoms with Gasteiger partial charge in [-0.1, -0.05) is 31.0 Å². The van der Waals surface area contributed by atoms with Crippen molar-refractivity contribution >= 4 is 33.2 Å². The number of likely N-dealkylation sites (tertiary alicyclic amines) is 1. The zero-order chi connectivity index (χ0) is 23.8. The Hall–Kier alpha value is -3.47. The second kappa shape index (κ2) is 8.81. The third-order valence-electron chi connectivity index (χ3n) is 6.00. The zero-order valence-electron chi connectivity index (χ0n) is 18.3. The molecule has 10 nitrogen and oxygen atoms in total. The fourth-order valence-corrected chi connectivity index (χ4v) is 5.37. The molecule has 1 aliphatic rings. The van der Waals surface area contributed by atoms with Gasteiger partial charge in [-0.25, -0.2) is 27.2 Å². The minimum Gasteiger partial charge on any atom is -0.465 e. The van der Waals surface area contributed by atoms with Gasteiger partial charge in [-0.15, -0.1) is 0 Å². The van der Waals surface area contributed by atoms with Gasteiger partial charge in [-0.3, -0.25) is 4.79 Å². The first kappa shape index (κ1) is 22.7. The van der Waals surface area contributed by atoms with E-state index in [1.807, 2.05) is 13.8 Å². The van der Waals surface area contributed by atoms with Crippen LogP contribution in [0.3, 0.4) is 0 Å². The van der Waals surface area contributed by atoms with Crippen LogP contribution in [0.1, 0.15) is 24.6 Å². The summed E-state index contributed by atoms with van der Waals surface area (Å²) in [5.74, 6) is -0.675. The molecule has 2 N–H and O–H groups in total. The Kier molecular flexibility index (Phi) is 6.07. The summed E-state index contributed by atoms with van der Waals surface area (Å²) in [6, 6.07) is 8.12. The third kappa shape index (κ3) is 4.40. The normalized spacial score (nSPS) is 18.5. The van der Waals surface area contributed by atoms with Crippen molar-refractivity contribution < 1.29 is 23.1 Å². The number of fused-ring (bicyclic) bond motifs is 1. The summed E-state index contributed by atoms with van der Waals surface area (Å²) in [5.41, 5.74) is 2.02. The number of benzene rings is 1. The lowest BCUT2D eigenvalue weighted by atomic mass is 9.93. The molecule has 174 valence electrons. The molecule has 1 fully saturated rings. The molecule has 2 amide bonds. The maximum absolute atomic E-state index is 13.0. The molecule has 2 atom stereocenters. The molecule has 1 aromatic carbocycles. The second-order valence-corrected chi connectivity index (χ2v) is 9.99. The molecule has 4 rings (SSSR count). The van der Waals surface area contributed by atoms with Gasteiger partial charge < -0.3 is 15.3 Å². The van der Waals surface area contributed by atoms with E-state index in [1.54, 1.807) is 30.3 Å². The number of hydrogen-bond acceptors (Lipinski definition) is 6. The zero-order valence-corrected chi connectivity index (χ0v) is 19.1. The van der Waals surface area contributed by atoms with Crippen molar-refractivity contribution in [2.45, 2.75) is 31.7 Å². The maximum Gasteiger partial charge on any atom is 0.407 e. The first-order valence-corrected chi connectivity index (χ1v) is 12.1. The SMILES string of the molecule is CC[C@@H]1CN(C(=O)O)C[C@H]1C(=O)NCc1cnc2c(ccn2S(=O)(=O)c2ccc(C)cc2)n1. The Labute approximate surface area is 191 Å². The van der Waals surface area contributed by atoms with Crippen molar-refractivity contribution in [1.82, 2.24) is 24.2 Å². The molecule has 3 aromatic rings. The van der Waals surface area contributed by atoms with Gasteiger partial charge in [0.05, 0.1) is 29.2 Å². The Bertz CT molecular complexity index is 1300. The Balaban J connectivity index is 1.49. The number of aromatic nitrogens is 3. The molecule has 0 radical (unpaired) electrons. The molecule has 0 saturated carbocycles. The van der Waals surface area contributed by atoms with E-state index in [1.165, 1.54) is 17.3 Å². The number of carboxylic acid groups (broad SMARTS) is 1. The minimum atomic E-state index is -3.82. The predicted molar refractivity (Wildman–Crippen MR) is 120 cm³/mol. The van der Waals surface area contributed by atoms with Crippen LogP contribution in [0.4, 0.5) is 4.79 Å². The third-order valence-corrected chi connectivity index (χ3v) is 7.68.